The highest BCUT2D eigenvalue weighted by Gasteiger charge is 2.32. The Hall–Kier alpha value is -1.87. The van der Waals surface area contributed by atoms with Crippen LogP contribution in [0.2, 0.25) is 0 Å². The first-order valence-corrected chi connectivity index (χ1v) is 4.13. The second kappa shape index (κ2) is 3.12. The van der Waals surface area contributed by atoms with E-state index in [1.54, 1.807) is 0 Å². The second-order valence-corrected chi connectivity index (χ2v) is 3.12. The molecule has 1 fully saturated rings. The average molecular weight is 192 g/mol. The lowest BCUT2D eigenvalue weighted by Gasteiger charge is -2.10. The summed E-state index contributed by atoms with van der Waals surface area (Å²) in [6, 6.07) is 1.70. The van der Waals surface area contributed by atoms with Crippen molar-refractivity contribution in [1.29, 1.82) is 5.26 Å². The van der Waals surface area contributed by atoms with E-state index in [4.69, 9.17) is 15.5 Å². The molecule has 0 spiro atoms. The summed E-state index contributed by atoms with van der Waals surface area (Å²) in [4.78, 5) is 12.8. The molecule has 0 aliphatic carbocycles. The summed E-state index contributed by atoms with van der Waals surface area (Å²) < 4.78 is 4.84. The van der Waals surface area contributed by atoms with E-state index < -0.39 is 0 Å². The molecule has 2 heterocycles. The summed E-state index contributed by atoms with van der Waals surface area (Å²) in [5.41, 5.74) is 5.86. The summed E-state index contributed by atoms with van der Waals surface area (Å²) in [5.74, 6) is 0.0659. The predicted molar refractivity (Wildman–Crippen MR) is 46.2 cm³/mol. The number of anilines is 1. The normalized spacial score (nSPS) is 21.3. The van der Waals surface area contributed by atoms with E-state index in [-0.39, 0.29) is 29.8 Å². The van der Waals surface area contributed by atoms with Gasteiger partial charge in [0.15, 0.2) is 0 Å². The number of aromatic nitrogens is 1. The molecule has 1 aromatic heterocycles. The van der Waals surface area contributed by atoms with Crippen LogP contribution in [0.4, 0.5) is 5.88 Å². The smallest absolute Gasteiger partial charge is 0.251 e. The molecule has 6 nitrogen and oxygen atoms in total. The first kappa shape index (κ1) is 8.72. The van der Waals surface area contributed by atoms with Crippen molar-refractivity contribution in [2.75, 3.05) is 11.4 Å². The van der Waals surface area contributed by atoms with Crippen LogP contribution in [0.3, 0.4) is 0 Å². The van der Waals surface area contributed by atoms with Crippen LogP contribution in [-0.2, 0) is 4.79 Å². The van der Waals surface area contributed by atoms with Crippen molar-refractivity contribution in [3.63, 3.8) is 0 Å². The molecule has 2 N–H and O–H groups in total. The number of amides is 1. The molecule has 14 heavy (non-hydrogen) atoms. The largest absolute Gasteiger partial charge is 0.337 e. The Bertz CT molecular complexity index is 406. The molecule has 1 amide bonds. The zero-order valence-corrected chi connectivity index (χ0v) is 7.30. The maximum atomic E-state index is 11.4. The topological polar surface area (TPSA) is 96.2 Å². The van der Waals surface area contributed by atoms with E-state index in [0.29, 0.717) is 6.54 Å². The van der Waals surface area contributed by atoms with Gasteiger partial charge in [0.2, 0.25) is 5.91 Å². The van der Waals surface area contributed by atoms with Crippen molar-refractivity contribution in [1.82, 2.24) is 5.16 Å². The number of nitriles is 1. The van der Waals surface area contributed by atoms with Gasteiger partial charge in [-0.3, -0.25) is 9.69 Å². The highest BCUT2D eigenvalue weighted by Crippen LogP contribution is 2.23. The van der Waals surface area contributed by atoms with Gasteiger partial charge in [-0.1, -0.05) is 5.16 Å². The van der Waals surface area contributed by atoms with Gasteiger partial charge in [0.05, 0.1) is 6.20 Å². The quantitative estimate of drug-likeness (QED) is 0.653. The van der Waals surface area contributed by atoms with E-state index in [0.717, 1.165) is 0 Å². The molecule has 1 aliphatic rings. The van der Waals surface area contributed by atoms with Crippen LogP contribution >= 0.6 is 0 Å². The highest BCUT2D eigenvalue weighted by atomic mass is 16.5. The van der Waals surface area contributed by atoms with E-state index in [2.05, 4.69) is 5.16 Å². The van der Waals surface area contributed by atoms with Crippen LogP contribution in [-0.4, -0.2) is 23.7 Å². The van der Waals surface area contributed by atoms with Crippen molar-refractivity contribution in [3.05, 3.63) is 11.8 Å². The number of carbonyl (C=O) groups is 1. The fourth-order valence-electron chi connectivity index (χ4n) is 1.44. The lowest BCUT2D eigenvalue weighted by molar-refractivity contribution is -0.117. The van der Waals surface area contributed by atoms with E-state index in [1.165, 1.54) is 11.1 Å². The monoisotopic (exact) mass is 192 g/mol. The van der Waals surface area contributed by atoms with Crippen molar-refractivity contribution in [2.45, 2.75) is 12.5 Å². The van der Waals surface area contributed by atoms with Crippen LogP contribution in [0.5, 0.6) is 0 Å². The maximum Gasteiger partial charge on any atom is 0.251 e. The minimum atomic E-state index is -0.195. The molecule has 1 aromatic rings. The van der Waals surface area contributed by atoms with Gasteiger partial charge in [-0.15, -0.1) is 0 Å². The van der Waals surface area contributed by atoms with Crippen molar-refractivity contribution < 1.29 is 9.32 Å². The Balaban J connectivity index is 2.32. The summed E-state index contributed by atoms with van der Waals surface area (Å²) in [6.07, 6.45) is 1.57. The Morgan fingerprint density at radius 3 is 3.14 bits per heavy atom. The minimum Gasteiger partial charge on any atom is -0.337 e. The number of rotatable bonds is 1. The number of hydrogen-bond donors (Lipinski definition) is 1. The van der Waals surface area contributed by atoms with Gasteiger partial charge in [-0.2, -0.15) is 5.26 Å². The summed E-state index contributed by atoms with van der Waals surface area (Å²) in [5, 5.41) is 12.2. The van der Waals surface area contributed by atoms with Gasteiger partial charge in [0.25, 0.3) is 5.88 Å². The molecule has 2 rings (SSSR count). The second-order valence-electron chi connectivity index (χ2n) is 3.12. The van der Waals surface area contributed by atoms with Gasteiger partial charge >= 0.3 is 0 Å². The van der Waals surface area contributed by atoms with Crippen molar-refractivity contribution in [3.8, 4) is 6.07 Å². The molecular weight excluding hydrogens is 184 g/mol. The van der Waals surface area contributed by atoms with Crippen molar-refractivity contribution >= 4 is 11.8 Å². The molecule has 0 saturated carbocycles. The first-order valence-electron chi connectivity index (χ1n) is 4.13. The molecule has 1 saturated heterocycles. The van der Waals surface area contributed by atoms with E-state index in [9.17, 15) is 4.79 Å². The van der Waals surface area contributed by atoms with Gasteiger partial charge in [0.1, 0.15) is 11.6 Å². The highest BCUT2D eigenvalue weighted by molar-refractivity contribution is 5.95. The molecule has 0 aromatic carbocycles. The van der Waals surface area contributed by atoms with Gasteiger partial charge in [-0.05, 0) is 0 Å². The molecule has 1 atom stereocenters. The summed E-state index contributed by atoms with van der Waals surface area (Å²) >= 11 is 0. The molecule has 0 bridgehead atoms. The van der Waals surface area contributed by atoms with Crippen LogP contribution in [0.25, 0.3) is 0 Å². The zero-order chi connectivity index (χ0) is 10.1. The standard InChI is InChI=1S/C8H8N4O2/c9-2-5-3-11-14-8(5)12-4-6(10)1-7(12)13/h3,6H,1,4,10H2. The third kappa shape index (κ3) is 1.24. The SMILES string of the molecule is N#Cc1cnoc1N1CC(N)CC1=O. The molecule has 6 heteroatoms. The third-order valence-corrected chi connectivity index (χ3v) is 2.07. The molecular formula is C8H8N4O2. The number of hydrogen-bond acceptors (Lipinski definition) is 5. The fraction of sp³-hybridized carbons (Fsp3) is 0.375. The van der Waals surface area contributed by atoms with E-state index in [1.807, 2.05) is 6.07 Å². The molecule has 1 unspecified atom stereocenters. The summed E-state index contributed by atoms with van der Waals surface area (Å²) in [6.45, 7) is 0.378. The zero-order valence-electron chi connectivity index (χ0n) is 7.30. The Morgan fingerprint density at radius 1 is 1.79 bits per heavy atom. The Labute approximate surface area is 79.9 Å². The average Bonchev–Trinajstić information content (AvgIpc) is 2.71. The van der Waals surface area contributed by atoms with Crippen LogP contribution in [0.1, 0.15) is 12.0 Å². The number of nitrogens with zero attached hydrogens (tertiary/aromatic N) is 3. The first-order chi connectivity index (χ1) is 6.72. The molecule has 0 radical (unpaired) electrons. The fourth-order valence-corrected chi connectivity index (χ4v) is 1.44. The Morgan fingerprint density at radius 2 is 2.57 bits per heavy atom. The molecule has 1 aliphatic heterocycles. The minimum absolute atomic E-state index is 0.134. The van der Waals surface area contributed by atoms with E-state index >= 15 is 0 Å². The number of nitrogens with two attached hydrogens (primary N) is 1. The van der Waals surface area contributed by atoms with Crippen molar-refractivity contribution in [2.24, 2.45) is 5.73 Å². The van der Waals surface area contributed by atoms with Crippen LogP contribution in [0.15, 0.2) is 10.7 Å². The lowest BCUT2D eigenvalue weighted by atomic mass is 10.3. The third-order valence-electron chi connectivity index (χ3n) is 2.07. The number of carbonyl (C=O) groups excluding carboxylic acids is 1. The van der Waals surface area contributed by atoms with Crippen LogP contribution < -0.4 is 10.6 Å². The van der Waals surface area contributed by atoms with Gasteiger partial charge in [0, 0.05) is 19.0 Å². The maximum absolute atomic E-state index is 11.4. The molecule has 72 valence electrons. The lowest BCUT2D eigenvalue weighted by Crippen LogP contribution is -2.28. The predicted octanol–water partition coefficient (Wildman–Crippen LogP) is -0.390. The Kier molecular flexibility index (Phi) is 1.94. The van der Waals surface area contributed by atoms with Gasteiger partial charge < -0.3 is 10.3 Å². The summed E-state index contributed by atoms with van der Waals surface area (Å²) in [7, 11) is 0. The van der Waals surface area contributed by atoms with Crippen LogP contribution in [0, 0.1) is 11.3 Å². The van der Waals surface area contributed by atoms with Gasteiger partial charge in [-0.25, -0.2) is 0 Å².